The molecule has 2 rings (SSSR count). The van der Waals surface area contributed by atoms with Gasteiger partial charge in [-0.3, -0.25) is 0 Å². The molecule has 1 unspecified atom stereocenters. The van der Waals surface area contributed by atoms with Gasteiger partial charge in [-0.2, -0.15) is 0 Å². The summed E-state index contributed by atoms with van der Waals surface area (Å²) in [6.45, 7) is 6.34. The first-order valence-electron chi connectivity index (χ1n) is 9.23. The van der Waals surface area contributed by atoms with Gasteiger partial charge in [0.2, 0.25) is 0 Å². The van der Waals surface area contributed by atoms with E-state index in [4.69, 9.17) is 16.3 Å². The van der Waals surface area contributed by atoms with E-state index in [1.807, 2.05) is 19.9 Å². The molecule has 1 saturated carbocycles. The molecule has 1 aromatic carbocycles. The van der Waals surface area contributed by atoms with E-state index < -0.39 is 0 Å². The molecule has 5 heteroatoms. The molecule has 0 heterocycles. The molecule has 1 atom stereocenters. The van der Waals surface area contributed by atoms with Crippen LogP contribution in [0.25, 0.3) is 0 Å². The number of halogens is 1. The van der Waals surface area contributed by atoms with Gasteiger partial charge in [0.15, 0.2) is 0 Å². The molecule has 1 aliphatic carbocycles. The molecule has 0 radical (unpaired) electrons. The lowest BCUT2D eigenvalue weighted by atomic mass is 9.81. The maximum Gasteiger partial charge on any atom is 0.338 e. The number of anilines is 1. The van der Waals surface area contributed by atoms with Crippen LogP contribution >= 0.6 is 11.6 Å². The lowest BCUT2D eigenvalue weighted by Gasteiger charge is -2.36. The van der Waals surface area contributed by atoms with Crippen molar-refractivity contribution in [1.29, 1.82) is 0 Å². The SMILES string of the molecule is CCOC(=O)c1cc(Cl)cc(NC(C)C2CCC(N(C)C)CC2)c1C. The van der Waals surface area contributed by atoms with E-state index in [9.17, 15) is 4.79 Å². The summed E-state index contributed by atoms with van der Waals surface area (Å²) in [7, 11) is 4.33. The Labute approximate surface area is 156 Å². The van der Waals surface area contributed by atoms with Gasteiger partial charge < -0.3 is 15.0 Å². The zero-order valence-corrected chi connectivity index (χ0v) is 16.8. The molecule has 0 saturated heterocycles. The van der Waals surface area contributed by atoms with Crippen LogP contribution in [0, 0.1) is 12.8 Å². The Morgan fingerprint density at radius 2 is 1.96 bits per heavy atom. The van der Waals surface area contributed by atoms with E-state index in [1.54, 1.807) is 6.07 Å². The molecule has 140 valence electrons. The lowest BCUT2D eigenvalue weighted by Crippen LogP contribution is -2.36. The molecule has 1 aliphatic rings. The summed E-state index contributed by atoms with van der Waals surface area (Å²) in [6, 6.07) is 4.64. The number of nitrogens with zero attached hydrogens (tertiary/aromatic N) is 1. The summed E-state index contributed by atoms with van der Waals surface area (Å²) in [4.78, 5) is 14.5. The normalized spacial score (nSPS) is 21.9. The maximum atomic E-state index is 12.1. The van der Waals surface area contributed by atoms with Crippen LogP contribution in [0.3, 0.4) is 0 Å². The van der Waals surface area contributed by atoms with Crippen molar-refractivity contribution >= 4 is 23.3 Å². The van der Waals surface area contributed by atoms with Gasteiger partial charge in [0.1, 0.15) is 0 Å². The minimum Gasteiger partial charge on any atom is -0.462 e. The molecule has 1 aromatic rings. The third-order valence-electron chi connectivity index (χ3n) is 5.43. The van der Waals surface area contributed by atoms with Crippen molar-refractivity contribution < 1.29 is 9.53 Å². The molecule has 25 heavy (non-hydrogen) atoms. The molecule has 0 amide bonds. The number of nitrogens with one attached hydrogen (secondary N) is 1. The lowest BCUT2D eigenvalue weighted by molar-refractivity contribution is 0.0525. The number of benzene rings is 1. The van der Waals surface area contributed by atoms with E-state index in [0.29, 0.717) is 35.2 Å². The molecule has 0 aliphatic heterocycles. The van der Waals surface area contributed by atoms with Crippen LogP contribution in [0.15, 0.2) is 12.1 Å². The van der Waals surface area contributed by atoms with E-state index >= 15 is 0 Å². The quantitative estimate of drug-likeness (QED) is 0.738. The highest BCUT2D eigenvalue weighted by atomic mass is 35.5. The number of hydrogen-bond donors (Lipinski definition) is 1. The van der Waals surface area contributed by atoms with Crippen LogP contribution in [0.2, 0.25) is 5.02 Å². The summed E-state index contributed by atoms with van der Waals surface area (Å²) >= 11 is 6.24. The summed E-state index contributed by atoms with van der Waals surface area (Å²) in [5, 5.41) is 4.15. The Balaban J connectivity index is 2.08. The minimum absolute atomic E-state index is 0.315. The Kier molecular flexibility index (Phi) is 7.14. The standard InChI is InChI=1S/C20H31ClN2O2/c1-6-25-20(24)18-11-16(21)12-19(13(18)2)22-14(3)15-7-9-17(10-8-15)23(4)5/h11-12,14-15,17,22H,6-10H2,1-5H3. The van der Waals surface area contributed by atoms with Gasteiger partial charge in [-0.15, -0.1) is 0 Å². The molecule has 0 aromatic heterocycles. The number of hydrogen-bond acceptors (Lipinski definition) is 4. The van der Waals surface area contributed by atoms with Gasteiger partial charge in [-0.25, -0.2) is 4.79 Å². The molecular weight excluding hydrogens is 336 g/mol. The first-order chi connectivity index (χ1) is 11.8. The second-order valence-corrected chi connectivity index (χ2v) is 7.75. The molecule has 0 bridgehead atoms. The minimum atomic E-state index is -0.315. The molecule has 4 nitrogen and oxygen atoms in total. The monoisotopic (exact) mass is 366 g/mol. The third-order valence-corrected chi connectivity index (χ3v) is 5.65. The first kappa shape index (κ1) is 20.1. The number of ether oxygens (including phenoxy) is 1. The fourth-order valence-electron chi connectivity index (χ4n) is 3.73. The molecule has 0 spiro atoms. The fraction of sp³-hybridized carbons (Fsp3) is 0.650. The topological polar surface area (TPSA) is 41.6 Å². The van der Waals surface area contributed by atoms with Gasteiger partial charge >= 0.3 is 5.97 Å². The van der Waals surface area contributed by atoms with E-state index in [2.05, 4.69) is 31.2 Å². The van der Waals surface area contributed by atoms with Crippen molar-refractivity contribution in [2.45, 2.75) is 58.5 Å². The predicted molar refractivity (Wildman–Crippen MR) is 105 cm³/mol. The summed E-state index contributed by atoms with van der Waals surface area (Å²) in [6.07, 6.45) is 4.93. The summed E-state index contributed by atoms with van der Waals surface area (Å²) in [5.41, 5.74) is 2.37. The van der Waals surface area contributed by atoms with Crippen LogP contribution < -0.4 is 5.32 Å². The zero-order valence-electron chi connectivity index (χ0n) is 16.1. The van der Waals surface area contributed by atoms with Gasteiger partial charge in [0.25, 0.3) is 0 Å². The third kappa shape index (κ3) is 5.11. The van der Waals surface area contributed by atoms with Crippen molar-refractivity contribution in [2.75, 3.05) is 26.0 Å². The van der Waals surface area contributed by atoms with Crippen LogP contribution in [-0.4, -0.2) is 43.7 Å². The highest BCUT2D eigenvalue weighted by Gasteiger charge is 2.26. The average Bonchev–Trinajstić information content (AvgIpc) is 2.58. The van der Waals surface area contributed by atoms with Gasteiger partial charge in [0.05, 0.1) is 12.2 Å². The van der Waals surface area contributed by atoms with E-state index in [1.165, 1.54) is 25.7 Å². The average molecular weight is 367 g/mol. The van der Waals surface area contributed by atoms with Crippen molar-refractivity contribution in [2.24, 2.45) is 5.92 Å². The highest BCUT2D eigenvalue weighted by Crippen LogP contribution is 2.32. The second-order valence-electron chi connectivity index (χ2n) is 7.31. The summed E-state index contributed by atoms with van der Waals surface area (Å²) in [5.74, 6) is 0.324. The molecule has 1 N–H and O–H groups in total. The molecule has 1 fully saturated rings. The summed E-state index contributed by atoms with van der Waals surface area (Å²) < 4.78 is 5.14. The van der Waals surface area contributed by atoms with Gasteiger partial charge in [-0.1, -0.05) is 11.6 Å². The second kappa shape index (κ2) is 8.91. The van der Waals surface area contributed by atoms with Gasteiger partial charge in [-0.05, 0) is 84.2 Å². The first-order valence-corrected chi connectivity index (χ1v) is 9.61. The van der Waals surface area contributed by atoms with Crippen LogP contribution in [0.1, 0.15) is 55.5 Å². The largest absolute Gasteiger partial charge is 0.462 e. The Morgan fingerprint density at radius 1 is 1.32 bits per heavy atom. The van der Waals surface area contributed by atoms with Crippen LogP contribution in [0.4, 0.5) is 5.69 Å². The van der Waals surface area contributed by atoms with Crippen molar-refractivity contribution in [3.8, 4) is 0 Å². The number of rotatable bonds is 6. The van der Waals surface area contributed by atoms with Crippen molar-refractivity contribution in [1.82, 2.24) is 4.90 Å². The van der Waals surface area contributed by atoms with Crippen LogP contribution in [0.5, 0.6) is 0 Å². The smallest absolute Gasteiger partial charge is 0.338 e. The predicted octanol–water partition coefficient (Wildman–Crippen LogP) is 4.75. The maximum absolute atomic E-state index is 12.1. The van der Waals surface area contributed by atoms with Crippen molar-refractivity contribution in [3.63, 3.8) is 0 Å². The zero-order chi connectivity index (χ0) is 18.6. The Bertz CT molecular complexity index is 596. The fourth-order valence-corrected chi connectivity index (χ4v) is 3.95. The van der Waals surface area contributed by atoms with E-state index in [0.717, 1.165) is 11.3 Å². The van der Waals surface area contributed by atoms with Crippen molar-refractivity contribution in [3.05, 3.63) is 28.3 Å². The Hall–Kier alpha value is -1.26. The Morgan fingerprint density at radius 3 is 2.52 bits per heavy atom. The molecular formula is C20H31ClN2O2. The number of carbonyl (C=O) groups is 1. The van der Waals surface area contributed by atoms with Crippen LogP contribution in [-0.2, 0) is 4.74 Å². The van der Waals surface area contributed by atoms with Gasteiger partial charge in [0, 0.05) is 22.8 Å². The number of carbonyl (C=O) groups excluding carboxylic acids is 1. The van der Waals surface area contributed by atoms with E-state index in [-0.39, 0.29) is 5.97 Å². The number of esters is 1. The highest BCUT2D eigenvalue weighted by molar-refractivity contribution is 6.31.